The summed E-state index contributed by atoms with van der Waals surface area (Å²) in [6.07, 6.45) is 0. The van der Waals surface area contributed by atoms with Gasteiger partial charge in [0.05, 0.1) is 27.8 Å². The van der Waals surface area contributed by atoms with Crippen LogP contribution in [-0.2, 0) is 24.3 Å². The average Bonchev–Trinajstić information content (AvgIpc) is 2.97. The molecule has 0 spiro atoms. The molecule has 2 rings (SSSR count). The Morgan fingerprint density at radius 3 is 2.52 bits per heavy atom. The Hall–Kier alpha value is -2.05. The minimum Gasteiger partial charge on any atom is -0.480 e. The number of anilines is 1. The highest BCUT2D eigenvalue weighted by Crippen LogP contribution is 2.35. The van der Waals surface area contributed by atoms with Gasteiger partial charge in [-0.25, -0.2) is 13.4 Å². The van der Waals surface area contributed by atoms with E-state index in [-0.39, 0.29) is 22.4 Å². The van der Waals surface area contributed by atoms with Crippen molar-refractivity contribution in [1.29, 1.82) is 0 Å². The number of ether oxygens (including phenoxy) is 1. The van der Waals surface area contributed by atoms with Crippen LogP contribution in [0.25, 0.3) is 10.4 Å². The van der Waals surface area contributed by atoms with Crippen LogP contribution in [0.2, 0.25) is 5.02 Å². The molecule has 1 atom stereocenters. The molecule has 12 heteroatoms. The van der Waals surface area contributed by atoms with Gasteiger partial charge in [0.25, 0.3) is 0 Å². The molecule has 1 heterocycles. The number of aromatic nitrogens is 1. The fourth-order valence-electron chi connectivity index (χ4n) is 2.46. The van der Waals surface area contributed by atoms with Crippen molar-refractivity contribution in [3.8, 4) is 10.4 Å². The second-order valence-corrected chi connectivity index (χ2v) is 10.8. The summed E-state index contributed by atoms with van der Waals surface area (Å²) in [5.74, 6) is -1.65. The number of hydrogen-bond donors (Lipinski definition) is 3. The van der Waals surface area contributed by atoms with E-state index in [0.717, 1.165) is 0 Å². The molecule has 1 aromatic heterocycles. The van der Waals surface area contributed by atoms with Gasteiger partial charge in [-0.3, -0.25) is 9.59 Å². The lowest BCUT2D eigenvalue weighted by atomic mass is 10.2. The van der Waals surface area contributed by atoms with Crippen molar-refractivity contribution >= 4 is 50.0 Å². The predicted octanol–water partition coefficient (Wildman–Crippen LogP) is 3.28. The molecule has 0 aliphatic carbocycles. The number of aliphatic carboxylic acids is 1. The second kappa shape index (κ2) is 9.61. The van der Waals surface area contributed by atoms with Crippen molar-refractivity contribution in [2.45, 2.75) is 51.2 Å². The van der Waals surface area contributed by atoms with Crippen molar-refractivity contribution in [2.75, 3.05) is 11.9 Å². The molecule has 0 aliphatic heterocycles. The third-order valence-electron chi connectivity index (χ3n) is 3.84. The zero-order valence-corrected chi connectivity index (χ0v) is 20.0. The lowest BCUT2D eigenvalue weighted by Gasteiger charge is -2.23. The molecule has 9 nitrogen and oxygen atoms in total. The topological polar surface area (TPSA) is 135 Å². The number of nitrogens with one attached hydrogen (secondary N) is 2. The third-order valence-corrected chi connectivity index (χ3v) is 6.92. The lowest BCUT2D eigenvalue weighted by Crippen LogP contribution is -2.45. The number of carboxylic acid groups (broad SMARTS) is 1. The molecule has 1 aromatic carbocycles. The molecule has 2 aromatic rings. The van der Waals surface area contributed by atoms with E-state index in [1.807, 2.05) is 0 Å². The van der Waals surface area contributed by atoms with Gasteiger partial charge >= 0.3 is 5.97 Å². The molecule has 0 bridgehead atoms. The SMILES string of the molecule is CC(=O)Nc1nc(C)c(-c2ccc(Cl)c(S(=O)(=O)N[C@@H](COC(C)(C)C)C(=O)O)c2)s1. The molecule has 0 aliphatic rings. The number of benzene rings is 1. The van der Waals surface area contributed by atoms with E-state index < -0.39 is 27.6 Å². The number of carbonyl (C=O) groups is 2. The first-order valence-corrected chi connectivity index (χ1v) is 11.8. The first-order chi connectivity index (χ1) is 14.2. The van der Waals surface area contributed by atoms with Gasteiger partial charge in [-0.15, -0.1) is 0 Å². The van der Waals surface area contributed by atoms with E-state index in [9.17, 15) is 23.1 Å². The van der Waals surface area contributed by atoms with Crippen LogP contribution in [0.4, 0.5) is 5.13 Å². The van der Waals surface area contributed by atoms with Crippen molar-refractivity contribution in [3.05, 3.63) is 28.9 Å². The summed E-state index contributed by atoms with van der Waals surface area (Å²) in [5.41, 5.74) is 0.454. The first-order valence-electron chi connectivity index (χ1n) is 9.13. The zero-order valence-electron chi connectivity index (χ0n) is 17.6. The molecular weight excluding hydrogens is 466 g/mol. The Labute approximate surface area is 189 Å². The Morgan fingerprint density at radius 1 is 1.32 bits per heavy atom. The Balaban J connectivity index is 2.38. The highest BCUT2D eigenvalue weighted by atomic mass is 35.5. The van der Waals surface area contributed by atoms with E-state index in [0.29, 0.717) is 21.3 Å². The number of halogens is 1. The smallest absolute Gasteiger partial charge is 0.324 e. The fraction of sp³-hybridized carbons (Fsp3) is 0.421. The van der Waals surface area contributed by atoms with Crippen LogP contribution >= 0.6 is 22.9 Å². The lowest BCUT2D eigenvalue weighted by molar-refractivity contribution is -0.142. The summed E-state index contributed by atoms with van der Waals surface area (Å²) in [7, 11) is -4.29. The van der Waals surface area contributed by atoms with Crippen molar-refractivity contribution in [1.82, 2.24) is 9.71 Å². The number of nitrogens with zero attached hydrogens (tertiary/aromatic N) is 1. The number of sulfonamides is 1. The molecule has 0 unspecified atom stereocenters. The maximum atomic E-state index is 12.9. The number of carbonyl (C=O) groups excluding carboxylic acids is 1. The summed E-state index contributed by atoms with van der Waals surface area (Å²) in [6.45, 7) is 7.91. The molecule has 3 N–H and O–H groups in total. The van der Waals surface area contributed by atoms with Crippen LogP contribution in [-0.4, -0.2) is 48.6 Å². The first kappa shape index (κ1) is 25.2. The van der Waals surface area contributed by atoms with Gasteiger partial charge in [-0.05, 0) is 45.4 Å². The predicted molar refractivity (Wildman–Crippen MR) is 119 cm³/mol. The number of thiazole rings is 1. The molecule has 1 amide bonds. The average molecular weight is 490 g/mol. The van der Waals surface area contributed by atoms with Crippen LogP contribution in [0.1, 0.15) is 33.4 Å². The minimum atomic E-state index is -4.29. The number of aryl methyl sites for hydroxylation is 1. The third kappa shape index (κ3) is 6.97. The highest BCUT2D eigenvalue weighted by molar-refractivity contribution is 7.89. The largest absolute Gasteiger partial charge is 0.480 e. The van der Waals surface area contributed by atoms with E-state index >= 15 is 0 Å². The van der Waals surface area contributed by atoms with Crippen molar-refractivity contribution < 1.29 is 27.9 Å². The van der Waals surface area contributed by atoms with Gasteiger partial charge in [0.1, 0.15) is 10.9 Å². The number of amides is 1. The van der Waals surface area contributed by atoms with Gasteiger partial charge in [0, 0.05) is 6.92 Å². The van der Waals surface area contributed by atoms with Crippen molar-refractivity contribution in [2.24, 2.45) is 0 Å². The summed E-state index contributed by atoms with van der Waals surface area (Å²) in [5, 5.41) is 12.3. The monoisotopic (exact) mass is 489 g/mol. The van der Waals surface area contributed by atoms with E-state index in [1.54, 1.807) is 33.8 Å². The van der Waals surface area contributed by atoms with Crippen LogP contribution < -0.4 is 10.0 Å². The summed E-state index contributed by atoms with van der Waals surface area (Å²) >= 11 is 7.31. The van der Waals surface area contributed by atoms with Crippen LogP contribution in [0.15, 0.2) is 23.1 Å². The van der Waals surface area contributed by atoms with Gasteiger partial charge in [0.15, 0.2) is 5.13 Å². The molecule has 0 fully saturated rings. The maximum absolute atomic E-state index is 12.9. The quantitative estimate of drug-likeness (QED) is 0.517. The summed E-state index contributed by atoms with van der Waals surface area (Å²) in [6, 6.07) is 2.87. The van der Waals surface area contributed by atoms with Gasteiger partial charge in [-0.1, -0.05) is 29.0 Å². The Bertz CT molecular complexity index is 1090. The minimum absolute atomic E-state index is 0.0682. The fourth-order valence-corrected chi connectivity index (χ4v) is 5.17. The second-order valence-electron chi connectivity index (χ2n) is 7.70. The standard InChI is InChI=1S/C19H24ClN3O6S2/c1-10-16(30-18(21-10)22-11(2)24)12-6-7-13(20)15(8-12)31(27,28)23-14(17(25)26)9-29-19(3,4)5/h6-8,14,23H,9H2,1-5H3,(H,25,26)(H,21,22,24)/t14-/m0/s1. The Morgan fingerprint density at radius 2 is 1.97 bits per heavy atom. The maximum Gasteiger partial charge on any atom is 0.324 e. The number of carboxylic acids is 1. The Kier molecular flexibility index (Phi) is 7.82. The van der Waals surface area contributed by atoms with Gasteiger partial charge in [0.2, 0.25) is 15.9 Å². The molecule has 0 saturated heterocycles. The summed E-state index contributed by atoms with van der Waals surface area (Å²) < 4.78 is 33.4. The molecule has 170 valence electrons. The number of rotatable bonds is 8. The molecule has 0 saturated carbocycles. The molecule has 0 radical (unpaired) electrons. The van der Waals surface area contributed by atoms with E-state index in [1.165, 1.54) is 30.4 Å². The normalized spacial score (nSPS) is 13.1. The van der Waals surface area contributed by atoms with Crippen LogP contribution in [0.3, 0.4) is 0 Å². The molecular formula is C19H24ClN3O6S2. The molecule has 31 heavy (non-hydrogen) atoms. The van der Waals surface area contributed by atoms with Crippen LogP contribution in [0, 0.1) is 6.92 Å². The van der Waals surface area contributed by atoms with Gasteiger partial charge in [-0.2, -0.15) is 4.72 Å². The number of hydrogen-bond acceptors (Lipinski definition) is 7. The van der Waals surface area contributed by atoms with Crippen molar-refractivity contribution in [3.63, 3.8) is 0 Å². The van der Waals surface area contributed by atoms with Crippen LogP contribution in [0.5, 0.6) is 0 Å². The summed E-state index contributed by atoms with van der Waals surface area (Å²) in [4.78, 5) is 27.4. The van der Waals surface area contributed by atoms with E-state index in [4.69, 9.17) is 16.3 Å². The zero-order chi connectivity index (χ0) is 23.6. The highest BCUT2D eigenvalue weighted by Gasteiger charge is 2.29. The van der Waals surface area contributed by atoms with E-state index in [2.05, 4.69) is 15.0 Å². The van der Waals surface area contributed by atoms with Gasteiger partial charge < -0.3 is 15.2 Å².